The molecule has 0 aliphatic rings. The lowest BCUT2D eigenvalue weighted by Crippen LogP contribution is -1.85. The van der Waals surface area contributed by atoms with Crippen molar-refractivity contribution < 1.29 is 5.11 Å². The van der Waals surface area contributed by atoms with Gasteiger partial charge in [-0.3, -0.25) is 0 Å². The molecule has 0 bridgehead atoms. The first kappa shape index (κ1) is 103. The molecule has 0 amide bonds. The van der Waals surface area contributed by atoms with Crippen molar-refractivity contribution in [2.75, 3.05) is 0 Å². The molecular weight excluding hydrogens is 1750 g/mol. The summed E-state index contributed by atoms with van der Waals surface area (Å²) in [6.45, 7) is 50.4. The van der Waals surface area contributed by atoms with Gasteiger partial charge in [0.2, 0.25) is 0 Å². The fourth-order valence-corrected chi connectivity index (χ4v) is 28.1. The Morgan fingerprint density at radius 3 is 0.625 bits per heavy atom. The van der Waals surface area contributed by atoms with E-state index in [0.29, 0.717) is 0 Å². The standard InChI is InChI=1S/C20H24S3.C16H22S2.C14H12S3.2C12H20S.C10H10S2.C7H10OS.C7H10S.C6H8S/c1-4-5-6-7-8-16-13-15(3)22-20(16)19-12-11-18(23-19)17-10-9-14(2)21-17;1-4-5-6-7-8-14-11-13(3)18-16(14)15-10-9-12(2)17-15;1-9-3-5-11(15-9)13-7-8-14(17-13)12-6-4-10(2)16-12;2*1-4-5-6-7-8-12-9-10(2)13-11(12)3;1-7-3-5-9(11-7)10-6-4-8(2)12-10;1-5-3-7(4-8)6(2)9-5;1-5-4-6(2)8-7(5)3;1-5-3-4-6(2)7-5/h9-13H,4-8H2,1-3H3;9-11H,4-8H2,1-3H3;3-8H,1-2H3;2*9H,4-8H2,1-3H3;3-6H,1-2H3;3,8H,4H2,1-2H3;4H,1-3H3;3-4H,1-2H3. The van der Waals surface area contributed by atoms with Gasteiger partial charge in [-0.05, 0) is 362 Å². The number of aliphatic hydroxyl groups is 1. The molecule has 120 heavy (non-hydrogen) atoms. The van der Waals surface area contributed by atoms with Gasteiger partial charge in [-0.25, -0.2) is 0 Å². The zero-order chi connectivity index (χ0) is 87.2. The number of unbranched alkanes of at least 4 members (excludes halogenated alkanes) is 12. The summed E-state index contributed by atoms with van der Waals surface area (Å²) in [6, 6.07) is 53.7. The van der Waals surface area contributed by atoms with Gasteiger partial charge in [0.05, 0.1) is 6.61 Å². The summed E-state index contributed by atoms with van der Waals surface area (Å²) in [5.74, 6) is 0. The Hall–Kier alpha value is -4.54. The molecule has 15 aromatic rings. The number of hydrogen-bond acceptors (Lipinski definition) is 16. The summed E-state index contributed by atoms with van der Waals surface area (Å²) in [5, 5.41) is 8.74. The van der Waals surface area contributed by atoms with Crippen LogP contribution in [0.15, 0.2) is 146 Å². The third-order valence-corrected chi connectivity index (χ3v) is 36.4. The van der Waals surface area contributed by atoms with E-state index in [2.05, 4.69) is 292 Å². The summed E-state index contributed by atoms with van der Waals surface area (Å²) in [7, 11) is 0. The summed E-state index contributed by atoms with van der Waals surface area (Å²) >= 11 is 28.3. The Labute approximate surface area is 786 Å². The van der Waals surface area contributed by atoms with Crippen LogP contribution in [-0.4, -0.2) is 5.11 Å². The van der Waals surface area contributed by atoms with Crippen molar-refractivity contribution in [3.05, 3.63) is 267 Å². The van der Waals surface area contributed by atoms with Crippen LogP contribution in [0.2, 0.25) is 0 Å². The van der Waals surface area contributed by atoms with Gasteiger partial charge in [0.25, 0.3) is 0 Å². The van der Waals surface area contributed by atoms with E-state index in [9.17, 15) is 0 Å². The summed E-state index contributed by atoms with van der Waals surface area (Å²) < 4.78 is 0. The first-order valence-corrected chi connectivity index (χ1v) is 55.4. The van der Waals surface area contributed by atoms with E-state index < -0.39 is 0 Å². The van der Waals surface area contributed by atoms with Crippen molar-refractivity contribution in [3.63, 3.8) is 0 Å². The molecule has 0 fully saturated rings. The van der Waals surface area contributed by atoms with Gasteiger partial charge in [0.15, 0.2) is 0 Å². The van der Waals surface area contributed by atoms with E-state index in [4.69, 9.17) is 5.11 Å². The summed E-state index contributed by atoms with van der Waals surface area (Å²) in [5.41, 5.74) is 8.78. The number of rotatable bonds is 27. The molecule has 16 heteroatoms. The zero-order valence-corrected chi connectivity index (χ0v) is 88.5. The van der Waals surface area contributed by atoms with Crippen molar-refractivity contribution in [2.24, 2.45) is 0 Å². The van der Waals surface area contributed by atoms with Crippen LogP contribution in [0.3, 0.4) is 0 Å². The lowest BCUT2D eigenvalue weighted by Gasteiger charge is -2.02. The SMILES string of the molecule is CCCCCCc1cc(C)sc1-c1ccc(-c2ccc(C)s2)s1.CCCCCCc1cc(C)sc1-c1ccc(C)s1.CCCCCCc1cc(C)sc1C.CCCCCCc1cc(C)sc1C.Cc1cc(C)c(C)s1.Cc1cc(CO)c(C)s1.Cc1ccc(-c2ccc(-c3ccc(C)s3)s2)s1.Cc1ccc(-c2ccc(C)s2)s1.Cc1ccc(C)s1. The van der Waals surface area contributed by atoms with Crippen LogP contribution < -0.4 is 0 Å². The molecule has 0 spiro atoms. The minimum absolute atomic E-state index is 0.177. The zero-order valence-electron chi connectivity index (χ0n) is 76.3. The highest BCUT2D eigenvalue weighted by Crippen LogP contribution is 2.44. The highest BCUT2D eigenvalue weighted by Gasteiger charge is 2.16. The van der Waals surface area contributed by atoms with Crippen molar-refractivity contribution in [2.45, 2.75) is 294 Å². The monoisotopic (exact) mass is 1880 g/mol. The third-order valence-electron chi connectivity index (χ3n) is 19.9. The van der Waals surface area contributed by atoms with Gasteiger partial charge < -0.3 is 5.11 Å². The smallest absolute Gasteiger partial charge is 0.0692 e. The molecule has 648 valence electrons. The maximum Gasteiger partial charge on any atom is 0.0692 e. The summed E-state index contributed by atoms with van der Waals surface area (Å²) in [6.07, 6.45) is 26.8. The van der Waals surface area contributed by atoms with Crippen LogP contribution in [0.5, 0.6) is 0 Å². The average Bonchev–Trinajstić information content (AvgIpc) is 1.55. The van der Waals surface area contributed by atoms with Gasteiger partial charge in [-0.15, -0.1) is 170 Å². The number of aryl methyl sites for hydroxylation is 23. The van der Waals surface area contributed by atoms with Crippen molar-refractivity contribution >= 4 is 170 Å². The molecule has 0 saturated heterocycles. The van der Waals surface area contributed by atoms with Crippen molar-refractivity contribution in [1.82, 2.24) is 0 Å². The lowest BCUT2D eigenvalue weighted by atomic mass is 10.1. The molecule has 15 rings (SSSR count). The van der Waals surface area contributed by atoms with Gasteiger partial charge in [-0.2, -0.15) is 0 Å². The van der Waals surface area contributed by atoms with E-state index in [1.165, 1.54) is 280 Å². The van der Waals surface area contributed by atoms with Gasteiger partial charge >= 0.3 is 0 Å². The first-order chi connectivity index (χ1) is 57.5. The second-order valence-electron chi connectivity index (χ2n) is 31.2. The second kappa shape index (κ2) is 55.1. The largest absolute Gasteiger partial charge is 0.392 e. The van der Waals surface area contributed by atoms with E-state index >= 15 is 0 Å². The predicted molar refractivity (Wildman–Crippen MR) is 566 cm³/mol. The van der Waals surface area contributed by atoms with Crippen LogP contribution in [0.1, 0.15) is 252 Å². The maximum absolute atomic E-state index is 8.74. The molecule has 1 N–H and O–H groups in total. The van der Waals surface area contributed by atoms with Crippen LogP contribution in [0, 0.1) is 132 Å². The van der Waals surface area contributed by atoms with E-state index in [1.807, 2.05) is 172 Å². The van der Waals surface area contributed by atoms with Crippen molar-refractivity contribution in [3.8, 4) is 58.5 Å². The lowest BCUT2D eigenvalue weighted by molar-refractivity contribution is 0.281. The Morgan fingerprint density at radius 2 is 0.400 bits per heavy atom. The Balaban J connectivity index is 0.000000190. The molecule has 0 aliphatic heterocycles. The minimum atomic E-state index is 0.177. The number of thiophene rings is 15. The molecule has 0 unspecified atom stereocenters. The van der Waals surface area contributed by atoms with Crippen molar-refractivity contribution in [1.29, 1.82) is 0 Å². The Kier molecular flexibility index (Phi) is 47.1. The molecule has 0 aromatic carbocycles. The number of hydrogen-bond donors (Lipinski definition) is 1. The van der Waals surface area contributed by atoms with Gasteiger partial charge in [0, 0.05) is 146 Å². The molecule has 1 nitrogen and oxygen atoms in total. The van der Waals surface area contributed by atoms with E-state index in [0.717, 1.165) is 5.56 Å². The molecule has 0 radical (unpaired) electrons. The molecular formula is C104H136OS15. The quantitative estimate of drug-likeness (QED) is 0.0509. The first-order valence-electron chi connectivity index (χ1n) is 43.2. The van der Waals surface area contributed by atoms with E-state index in [-0.39, 0.29) is 6.61 Å². The molecule has 0 saturated carbocycles. The maximum atomic E-state index is 8.74. The molecule has 0 atom stereocenters. The van der Waals surface area contributed by atoms with Gasteiger partial charge in [0.1, 0.15) is 0 Å². The molecule has 15 aromatic heterocycles. The highest BCUT2D eigenvalue weighted by molar-refractivity contribution is 7.28. The topological polar surface area (TPSA) is 20.2 Å². The fourth-order valence-electron chi connectivity index (χ4n) is 13.5. The molecule has 0 aliphatic carbocycles. The van der Waals surface area contributed by atoms with Crippen LogP contribution >= 0.6 is 170 Å². The Morgan fingerprint density at radius 1 is 0.183 bits per heavy atom. The summed E-state index contributed by atoms with van der Waals surface area (Å²) in [4.78, 5) is 42.4. The average molecular weight is 1880 g/mol. The third kappa shape index (κ3) is 36.4. The fraction of sp³-hybridized carbons (Fsp3) is 0.423. The van der Waals surface area contributed by atoms with Crippen LogP contribution in [-0.2, 0) is 32.3 Å². The second-order valence-corrected chi connectivity index (χ2v) is 50.9. The van der Waals surface area contributed by atoms with Crippen LogP contribution in [0.4, 0.5) is 0 Å². The highest BCUT2D eigenvalue weighted by atomic mass is 32.2. The van der Waals surface area contributed by atoms with Crippen LogP contribution in [0.25, 0.3) is 58.5 Å². The number of aliphatic hydroxyl groups excluding tert-OH is 1. The Bertz CT molecular complexity index is 5110. The minimum Gasteiger partial charge on any atom is -0.392 e. The van der Waals surface area contributed by atoms with Gasteiger partial charge in [-0.1, -0.05) is 105 Å². The van der Waals surface area contributed by atoms with E-state index in [1.54, 1.807) is 33.6 Å². The normalized spacial score (nSPS) is 10.7. The molecule has 15 heterocycles. The predicted octanol–water partition coefficient (Wildman–Crippen LogP) is 39.9.